The second kappa shape index (κ2) is 6.81. The summed E-state index contributed by atoms with van der Waals surface area (Å²) in [6.45, 7) is 0.0163. The predicted molar refractivity (Wildman–Crippen MR) is 109 cm³/mol. The van der Waals surface area contributed by atoms with E-state index < -0.39 is 16.4 Å². The van der Waals surface area contributed by atoms with E-state index >= 15 is 0 Å². The van der Waals surface area contributed by atoms with E-state index in [0.717, 1.165) is 5.56 Å². The maximum Gasteiger partial charge on any atom is 0.269 e. The zero-order chi connectivity index (χ0) is 20.7. The molecular formula is C23H16N2O5. The third-order valence-electron chi connectivity index (χ3n) is 5.51. The van der Waals surface area contributed by atoms with E-state index in [1.54, 1.807) is 30.3 Å². The Kier molecular flexibility index (Phi) is 4.10. The molecule has 0 aliphatic carbocycles. The number of para-hydroxylation sites is 1. The van der Waals surface area contributed by atoms with Crippen LogP contribution in [0.4, 0.5) is 5.69 Å². The van der Waals surface area contributed by atoms with Crippen LogP contribution in [0.5, 0.6) is 5.75 Å². The van der Waals surface area contributed by atoms with Gasteiger partial charge in [-0.3, -0.25) is 14.9 Å². The molecule has 0 radical (unpaired) electrons. The molecule has 7 nitrogen and oxygen atoms in total. The summed E-state index contributed by atoms with van der Waals surface area (Å²) >= 11 is 0. The highest BCUT2D eigenvalue weighted by molar-refractivity contribution is 6.15. The first kappa shape index (κ1) is 18.1. The number of Topliss-reactive ketones (excluding diaryl/α,β-unsaturated/α-hetero) is 1. The summed E-state index contributed by atoms with van der Waals surface area (Å²) < 4.78 is 5.91. The molecule has 3 aromatic carbocycles. The molecule has 2 aliphatic heterocycles. The first-order valence-electron chi connectivity index (χ1n) is 9.42. The molecule has 2 heterocycles. The number of oxime groups is 1. The van der Waals surface area contributed by atoms with E-state index in [9.17, 15) is 14.9 Å². The van der Waals surface area contributed by atoms with E-state index in [4.69, 9.17) is 9.57 Å². The van der Waals surface area contributed by atoms with Crippen LogP contribution < -0.4 is 4.74 Å². The fraction of sp³-hybridized carbons (Fsp3) is 0.130. The molecule has 30 heavy (non-hydrogen) atoms. The fourth-order valence-electron chi connectivity index (χ4n) is 4.04. The van der Waals surface area contributed by atoms with Crippen molar-refractivity contribution in [1.29, 1.82) is 0 Å². The summed E-state index contributed by atoms with van der Waals surface area (Å²) in [7, 11) is 0. The molecule has 1 spiro atoms. The van der Waals surface area contributed by atoms with Crippen LogP contribution in [0.1, 0.15) is 27.4 Å². The quantitative estimate of drug-likeness (QED) is 0.487. The van der Waals surface area contributed by atoms with Crippen molar-refractivity contribution in [2.75, 3.05) is 6.61 Å². The second-order valence-electron chi connectivity index (χ2n) is 7.22. The zero-order valence-corrected chi connectivity index (χ0v) is 15.7. The Morgan fingerprint density at radius 2 is 1.67 bits per heavy atom. The standard InChI is InChI=1S/C23H16N2O5/c26-22-18-8-4-5-9-19(18)29-14-23(22)20(15-6-2-1-3-7-15)21(24-30-23)16-10-12-17(13-11-16)25(27)28/h1-13,20H,14H2/t20-,23+/m0/s1. The van der Waals surface area contributed by atoms with Crippen LogP contribution in [0.2, 0.25) is 0 Å². The molecule has 5 rings (SSSR count). The molecule has 0 saturated carbocycles. The average molecular weight is 400 g/mol. The molecule has 2 atom stereocenters. The number of ether oxygens (including phenoxy) is 1. The van der Waals surface area contributed by atoms with Crippen molar-refractivity contribution in [3.05, 3.63) is 106 Å². The largest absolute Gasteiger partial charge is 0.488 e. The van der Waals surface area contributed by atoms with E-state index in [1.807, 2.05) is 36.4 Å². The summed E-state index contributed by atoms with van der Waals surface area (Å²) in [6.07, 6.45) is 0. The van der Waals surface area contributed by atoms with Crippen LogP contribution in [0, 0.1) is 10.1 Å². The number of non-ortho nitro benzene ring substituents is 1. The molecule has 0 unspecified atom stereocenters. The van der Waals surface area contributed by atoms with Gasteiger partial charge in [0.15, 0.2) is 0 Å². The van der Waals surface area contributed by atoms with Gasteiger partial charge in [0.25, 0.3) is 5.69 Å². The SMILES string of the molecule is O=C1c2ccccc2OC[C@]12ON=C(c1ccc([N+](=O)[O-])cc1)[C@@H]2c1ccccc1. The van der Waals surface area contributed by atoms with Gasteiger partial charge in [0.2, 0.25) is 11.4 Å². The Bertz CT molecular complexity index is 1170. The van der Waals surface area contributed by atoms with Gasteiger partial charge >= 0.3 is 0 Å². The number of hydrogen-bond donors (Lipinski definition) is 0. The average Bonchev–Trinajstić information content (AvgIpc) is 3.17. The summed E-state index contributed by atoms with van der Waals surface area (Å²) in [5.74, 6) is -0.202. The lowest BCUT2D eigenvalue weighted by molar-refractivity contribution is -0.384. The molecule has 0 saturated heterocycles. The Balaban J connectivity index is 1.62. The van der Waals surface area contributed by atoms with Crippen molar-refractivity contribution >= 4 is 17.2 Å². The van der Waals surface area contributed by atoms with Gasteiger partial charge in [-0.25, -0.2) is 0 Å². The molecule has 0 fully saturated rings. The monoisotopic (exact) mass is 400 g/mol. The van der Waals surface area contributed by atoms with Crippen molar-refractivity contribution in [3.63, 3.8) is 0 Å². The maximum absolute atomic E-state index is 13.6. The van der Waals surface area contributed by atoms with Gasteiger partial charge in [0, 0.05) is 17.7 Å². The van der Waals surface area contributed by atoms with Gasteiger partial charge in [0.1, 0.15) is 12.4 Å². The Hall–Kier alpha value is -4.00. The lowest BCUT2D eigenvalue weighted by atomic mass is 9.73. The first-order valence-corrected chi connectivity index (χ1v) is 9.42. The molecule has 0 aromatic heterocycles. The van der Waals surface area contributed by atoms with Crippen LogP contribution in [-0.4, -0.2) is 28.6 Å². The molecule has 0 N–H and O–H groups in total. The molecular weight excluding hydrogens is 384 g/mol. The number of nitrogens with zero attached hydrogens (tertiary/aromatic N) is 2. The third-order valence-corrected chi connectivity index (χ3v) is 5.51. The number of hydrogen-bond acceptors (Lipinski definition) is 6. The lowest BCUT2D eigenvalue weighted by Gasteiger charge is -2.35. The second-order valence-corrected chi connectivity index (χ2v) is 7.22. The lowest BCUT2D eigenvalue weighted by Crippen LogP contribution is -2.52. The molecule has 3 aromatic rings. The van der Waals surface area contributed by atoms with Gasteiger partial charge in [-0.2, -0.15) is 0 Å². The molecule has 2 aliphatic rings. The van der Waals surface area contributed by atoms with E-state index in [1.165, 1.54) is 12.1 Å². The molecule has 0 bridgehead atoms. The molecule has 0 amide bonds. The minimum atomic E-state index is -1.34. The van der Waals surface area contributed by atoms with Crippen molar-refractivity contribution in [3.8, 4) is 5.75 Å². The fourth-order valence-corrected chi connectivity index (χ4v) is 4.04. The highest BCUT2D eigenvalue weighted by atomic mass is 16.7. The van der Waals surface area contributed by atoms with Crippen LogP contribution in [-0.2, 0) is 4.84 Å². The summed E-state index contributed by atoms with van der Waals surface area (Å²) in [5, 5.41) is 15.3. The minimum absolute atomic E-state index is 0.0163. The minimum Gasteiger partial charge on any atom is -0.488 e. The number of ketones is 1. The van der Waals surface area contributed by atoms with E-state index in [0.29, 0.717) is 22.6 Å². The number of benzene rings is 3. The van der Waals surface area contributed by atoms with Crippen LogP contribution in [0.15, 0.2) is 84.0 Å². The van der Waals surface area contributed by atoms with Crippen molar-refractivity contribution in [2.24, 2.45) is 5.16 Å². The van der Waals surface area contributed by atoms with Gasteiger partial charge in [-0.15, -0.1) is 0 Å². The highest BCUT2D eigenvalue weighted by Gasteiger charge is 2.58. The van der Waals surface area contributed by atoms with E-state index in [2.05, 4.69) is 5.16 Å². The first-order chi connectivity index (χ1) is 14.6. The summed E-state index contributed by atoms with van der Waals surface area (Å²) in [4.78, 5) is 30.0. The summed E-state index contributed by atoms with van der Waals surface area (Å²) in [6, 6.07) is 22.6. The molecule has 148 valence electrons. The normalized spacial score (nSPS) is 22.1. The van der Waals surface area contributed by atoms with Crippen molar-refractivity contribution < 1.29 is 19.3 Å². The van der Waals surface area contributed by atoms with Crippen LogP contribution in [0.25, 0.3) is 0 Å². The number of rotatable bonds is 3. The maximum atomic E-state index is 13.6. The predicted octanol–water partition coefficient (Wildman–Crippen LogP) is 4.13. The zero-order valence-electron chi connectivity index (χ0n) is 15.7. The Labute approximate surface area is 171 Å². The molecule has 7 heteroatoms. The van der Waals surface area contributed by atoms with Gasteiger partial charge in [0.05, 0.1) is 22.1 Å². The van der Waals surface area contributed by atoms with Crippen molar-refractivity contribution in [2.45, 2.75) is 11.5 Å². The number of fused-ring (bicyclic) bond motifs is 1. The van der Waals surface area contributed by atoms with Gasteiger partial charge in [-0.1, -0.05) is 47.6 Å². The van der Waals surface area contributed by atoms with Crippen LogP contribution >= 0.6 is 0 Å². The van der Waals surface area contributed by atoms with E-state index in [-0.39, 0.29) is 18.1 Å². The van der Waals surface area contributed by atoms with Gasteiger partial charge < -0.3 is 9.57 Å². The number of nitro groups is 1. The third kappa shape index (κ3) is 2.67. The number of carbonyl (C=O) groups is 1. The smallest absolute Gasteiger partial charge is 0.269 e. The van der Waals surface area contributed by atoms with Crippen LogP contribution in [0.3, 0.4) is 0 Å². The Morgan fingerprint density at radius 1 is 0.967 bits per heavy atom. The topological polar surface area (TPSA) is 91.0 Å². The highest BCUT2D eigenvalue weighted by Crippen LogP contribution is 2.46. The summed E-state index contributed by atoms with van der Waals surface area (Å²) in [5.41, 5.74) is 1.13. The van der Waals surface area contributed by atoms with Crippen molar-refractivity contribution in [1.82, 2.24) is 0 Å². The van der Waals surface area contributed by atoms with Gasteiger partial charge in [-0.05, 0) is 29.8 Å². The Morgan fingerprint density at radius 3 is 2.40 bits per heavy atom. The number of nitro benzene ring substituents is 1. The number of carbonyl (C=O) groups excluding carboxylic acids is 1.